The highest BCUT2D eigenvalue weighted by molar-refractivity contribution is 9.10. The second kappa shape index (κ2) is 7.23. The number of phenolic OH excluding ortho intramolecular Hbond substituents is 1. The van der Waals surface area contributed by atoms with Crippen LogP contribution >= 0.6 is 15.9 Å². The van der Waals surface area contributed by atoms with Crippen LogP contribution in [0.2, 0.25) is 0 Å². The van der Waals surface area contributed by atoms with E-state index in [2.05, 4.69) is 20.8 Å². The lowest BCUT2D eigenvalue weighted by Crippen LogP contribution is -2.48. The maximum absolute atomic E-state index is 13.0. The number of hydrogen-bond donors (Lipinski definition) is 1. The zero-order chi connectivity index (χ0) is 18.0. The van der Waals surface area contributed by atoms with E-state index in [1.165, 1.54) is 11.4 Å². The van der Waals surface area contributed by atoms with Crippen molar-refractivity contribution in [2.45, 2.75) is 4.90 Å². The fourth-order valence-corrected chi connectivity index (χ4v) is 4.98. The monoisotopic (exact) mass is 426 g/mol. The quantitative estimate of drug-likeness (QED) is 0.813. The summed E-state index contributed by atoms with van der Waals surface area (Å²) in [6.45, 7) is 1.85. The Morgan fingerprint density at radius 2 is 1.80 bits per heavy atom. The predicted molar refractivity (Wildman–Crippen MR) is 99.8 cm³/mol. The number of ether oxygens (including phenoxy) is 1. The van der Waals surface area contributed by atoms with Gasteiger partial charge in [-0.25, -0.2) is 8.42 Å². The van der Waals surface area contributed by atoms with Gasteiger partial charge in [-0.05, 0) is 30.3 Å². The Hall–Kier alpha value is -1.77. The summed E-state index contributed by atoms with van der Waals surface area (Å²) < 4.78 is 33.3. The molecular weight excluding hydrogens is 408 g/mol. The first-order valence-corrected chi connectivity index (χ1v) is 10.0. The number of methoxy groups -OCH3 is 1. The fourth-order valence-electron chi connectivity index (χ4n) is 2.87. The fraction of sp³-hybridized carbons (Fsp3) is 0.294. The van der Waals surface area contributed by atoms with Crippen molar-refractivity contribution >= 4 is 31.6 Å². The number of piperazine rings is 1. The van der Waals surface area contributed by atoms with Gasteiger partial charge in [-0.3, -0.25) is 0 Å². The molecule has 0 amide bonds. The molecule has 1 fully saturated rings. The van der Waals surface area contributed by atoms with Crippen LogP contribution in [0.15, 0.2) is 51.8 Å². The van der Waals surface area contributed by atoms with Crippen LogP contribution in [0.1, 0.15) is 0 Å². The number of nitrogens with zero attached hydrogens (tertiary/aromatic N) is 2. The minimum absolute atomic E-state index is 0.162. The molecule has 1 aliphatic rings. The van der Waals surface area contributed by atoms with Crippen LogP contribution in [0.4, 0.5) is 5.69 Å². The number of halogens is 1. The third-order valence-electron chi connectivity index (χ3n) is 4.18. The van der Waals surface area contributed by atoms with E-state index in [1.54, 1.807) is 36.4 Å². The highest BCUT2D eigenvalue weighted by atomic mass is 79.9. The van der Waals surface area contributed by atoms with Crippen LogP contribution in [0.3, 0.4) is 0 Å². The molecule has 1 heterocycles. The molecule has 8 heteroatoms. The largest absolute Gasteiger partial charge is 0.508 e. The van der Waals surface area contributed by atoms with Crippen molar-refractivity contribution in [3.05, 3.63) is 46.9 Å². The van der Waals surface area contributed by atoms with Gasteiger partial charge in [-0.1, -0.05) is 22.0 Å². The smallest absolute Gasteiger partial charge is 0.246 e. The summed E-state index contributed by atoms with van der Waals surface area (Å²) in [7, 11) is -2.18. The molecule has 134 valence electrons. The second-order valence-corrected chi connectivity index (χ2v) is 8.53. The van der Waals surface area contributed by atoms with Gasteiger partial charge in [-0.15, -0.1) is 0 Å². The van der Waals surface area contributed by atoms with E-state index in [0.29, 0.717) is 36.4 Å². The molecule has 0 unspecified atom stereocenters. The van der Waals surface area contributed by atoms with Crippen LogP contribution in [0.5, 0.6) is 11.5 Å². The minimum atomic E-state index is -3.64. The number of benzene rings is 2. The predicted octanol–water partition coefficient (Wildman–Crippen LogP) is 2.67. The molecule has 25 heavy (non-hydrogen) atoms. The van der Waals surface area contributed by atoms with E-state index in [-0.39, 0.29) is 10.6 Å². The topological polar surface area (TPSA) is 70.1 Å². The van der Waals surface area contributed by atoms with Gasteiger partial charge in [0.1, 0.15) is 16.4 Å². The van der Waals surface area contributed by atoms with Crippen molar-refractivity contribution in [1.82, 2.24) is 4.31 Å². The van der Waals surface area contributed by atoms with Crippen LogP contribution in [0.25, 0.3) is 0 Å². The van der Waals surface area contributed by atoms with Gasteiger partial charge < -0.3 is 14.7 Å². The Labute approximate surface area is 155 Å². The highest BCUT2D eigenvalue weighted by Crippen LogP contribution is 2.31. The first-order valence-electron chi connectivity index (χ1n) is 7.79. The van der Waals surface area contributed by atoms with Crippen LogP contribution in [-0.2, 0) is 10.0 Å². The number of aromatic hydroxyl groups is 1. The standard InChI is InChI=1S/C17H19BrN2O4S/c1-24-16-6-5-13(18)11-17(16)25(22,23)20-9-7-19(8-10-20)14-3-2-4-15(21)12-14/h2-6,11-12,21H,7-10H2,1H3. The minimum Gasteiger partial charge on any atom is -0.508 e. The molecule has 0 atom stereocenters. The molecule has 0 spiro atoms. The van der Waals surface area contributed by atoms with Crippen molar-refractivity contribution in [2.75, 3.05) is 38.2 Å². The average molecular weight is 427 g/mol. The van der Waals surface area contributed by atoms with E-state index in [0.717, 1.165) is 5.69 Å². The number of hydrogen-bond acceptors (Lipinski definition) is 5. The highest BCUT2D eigenvalue weighted by Gasteiger charge is 2.31. The number of sulfonamides is 1. The molecule has 0 bridgehead atoms. The summed E-state index contributed by atoms with van der Waals surface area (Å²) in [5, 5.41) is 9.61. The van der Waals surface area contributed by atoms with E-state index in [4.69, 9.17) is 4.74 Å². The van der Waals surface area contributed by atoms with Gasteiger partial charge in [-0.2, -0.15) is 4.31 Å². The normalized spacial score (nSPS) is 16.0. The molecule has 3 rings (SSSR count). The number of anilines is 1. The lowest BCUT2D eigenvalue weighted by Gasteiger charge is -2.35. The van der Waals surface area contributed by atoms with Crippen molar-refractivity contribution in [3.8, 4) is 11.5 Å². The van der Waals surface area contributed by atoms with Crippen LogP contribution < -0.4 is 9.64 Å². The first kappa shape index (κ1) is 18.0. The van der Waals surface area contributed by atoms with E-state index < -0.39 is 10.0 Å². The Balaban J connectivity index is 1.79. The Morgan fingerprint density at radius 3 is 2.44 bits per heavy atom. The second-order valence-electron chi connectivity index (χ2n) is 5.71. The summed E-state index contributed by atoms with van der Waals surface area (Å²) in [5.41, 5.74) is 0.886. The summed E-state index contributed by atoms with van der Waals surface area (Å²) in [4.78, 5) is 2.22. The summed E-state index contributed by atoms with van der Waals surface area (Å²) in [5.74, 6) is 0.532. The maximum Gasteiger partial charge on any atom is 0.246 e. The molecule has 2 aromatic carbocycles. The van der Waals surface area contributed by atoms with Crippen molar-refractivity contribution in [3.63, 3.8) is 0 Å². The van der Waals surface area contributed by atoms with Crippen molar-refractivity contribution < 1.29 is 18.3 Å². The Bertz CT molecular complexity index is 865. The zero-order valence-corrected chi connectivity index (χ0v) is 16.1. The van der Waals surface area contributed by atoms with Gasteiger partial charge >= 0.3 is 0 Å². The molecule has 0 radical (unpaired) electrons. The van der Waals surface area contributed by atoms with E-state index >= 15 is 0 Å². The van der Waals surface area contributed by atoms with E-state index in [1.807, 2.05) is 6.07 Å². The van der Waals surface area contributed by atoms with Crippen LogP contribution in [0, 0.1) is 0 Å². The molecule has 6 nitrogen and oxygen atoms in total. The molecule has 0 aromatic heterocycles. The van der Waals surface area contributed by atoms with Gasteiger partial charge in [0.25, 0.3) is 0 Å². The molecule has 1 saturated heterocycles. The Kier molecular flexibility index (Phi) is 5.21. The molecule has 2 aromatic rings. The number of phenols is 1. The van der Waals surface area contributed by atoms with Crippen LogP contribution in [-0.4, -0.2) is 51.1 Å². The van der Waals surface area contributed by atoms with Crippen molar-refractivity contribution in [2.24, 2.45) is 0 Å². The molecule has 0 aliphatic carbocycles. The Morgan fingerprint density at radius 1 is 1.08 bits per heavy atom. The van der Waals surface area contributed by atoms with Gasteiger partial charge in [0.05, 0.1) is 7.11 Å². The number of rotatable bonds is 4. The lowest BCUT2D eigenvalue weighted by atomic mass is 10.2. The average Bonchev–Trinajstić information content (AvgIpc) is 2.62. The summed E-state index contributed by atoms with van der Waals surface area (Å²) >= 11 is 3.32. The third kappa shape index (κ3) is 3.75. The zero-order valence-electron chi connectivity index (χ0n) is 13.7. The SMILES string of the molecule is COc1ccc(Br)cc1S(=O)(=O)N1CCN(c2cccc(O)c2)CC1. The third-order valence-corrected chi connectivity index (χ3v) is 6.59. The molecule has 0 saturated carbocycles. The molecule has 1 N–H and O–H groups in total. The summed E-state index contributed by atoms with van der Waals surface area (Å²) in [6.07, 6.45) is 0. The van der Waals surface area contributed by atoms with Gasteiger partial charge in [0.2, 0.25) is 10.0 Å². The lowest BCUT2D eigenvalue weighted by molar-refractivity contribution is 0.374. The molecule has 1 aliphatic heterocycles. The van der Waals surface area contributed by atoms with Crippen molar-refractivity contribution in [1.29, 1.82) is 0 Å². The van der Waals surface area contributed by atoms with Gasteiger partial charge in [0.15, 0.2) is 0 Å². The van der Waals surface area contributed by atoms with E-state index in [9.17, 15) is 13.5 Å². The first-order chi connectivity index (χ1) is 11.9. The van der Waals surface area contributed by atoms with Gasteiger partial charge in [0, 0.05) is 42.4 Å². The molecular formula is C17H19BrN2O4S. The summed E-state index contributed by atoms with van der Waals surface area (Å²) in [6, 6.07) is 11.9. The maximum atomic E-state index is 13.0.